The molecule has 2 bridgehead atoms. The minimum absolute atomic E-state index is 0.0636. The summed E-state index contributed by atoms with van der Waals surface area (Å²) >= 11 is 0. The maximum atomic E-state index is 12.3. The first-order valence-electron chi connectivity index (χ1n) is 7.71. The van der Waals surface area contributed by atoms with E-state index >= 15 is 0 Å². The van der Waals surface area contributed by atoms with Crippen molar-refractivity contribution < 1.29 is 9.53 Å². The Hall–Kier alpha value is -1.51. The van der Waals surface area contributed by atoms with E-state index in [-0.39, 0.29) is 5.91 Å². The Balaban J connectivity index is 1.66. The first-order valence-corrected chi connectivity index (χ1v) is 7.71. The molecule has 2 saturated carbocycles. The number of carbonyl (C=O) groups is 1. The quantitative estimate of drug-likeness (QED) is 0.914. The van der Waals surface area contributed by atoms with E-state index in [4.69, 9.17) is 4.74 Å². The van der Waals surface area contributed by atoms with E-state index in [1.165, 1.54) is 25.7 Å². The van der Waals surface area contributed by atoms with Gasteiger partial charge >= 0.3 is 0 Å². The molecular formula is C17H23NO2. The lowest BCUT2D eigenvalue weighted by atomic mass is 9.95. The summed E-state index contributed by atoms with van der Waals surface area (Å²) in [6, 6.07) is 6.08. The van der Waals surface area contributed by atoms with Crippen molar-refractivity contribution in [3.8, 4) is 5.75 Å². The standard InChI is InChI=1S/C17H23NO2/c1-3-20-16-7-6-14(8-11(16)2)17(19)18-15-10-12-4-5-13(15)9-12/h6-8,12-13,15H,3-5,9-10H2,1-2H3,(H,18,19)/t12-,13+,15-/m0/s1. The van der Waals surface area contributed by atoms with Gasteiger partial charge < -0.3 is 10.1 Å². The fraction of sp³-hybridized carbons (Fsp3) is 0.588. The summed E-state index contributed by atoms with van der Waals surface area (Å²) in [5.41, 5.74) is 1.76. The molecule has 1 aromatic rings. The topological polar surface area (TPSA) is 38.3 Å². The normalized spacial score (nSPS) is 27.6. The van der Waals surface area contributed by atoms with Gasteiger partial charge in [-0.05, 0) is 68.7 Å². The monoisotopic (exact) mass is 273 g/mol. The van der Waals surface area contributed by atoms with Crippen molar-refractivity contribution in [1.29, 1.82) is 0 Å². The van der Waals surface area contributed by atoms with Crippen LogP contribution in [0.3, 0.4) is 0 Å². The summed E-state index contributed by atoms with van der Waals surface area (Å²) in [5.74, 6) is 2.50. The number of aryl methyl sites for hydroxylation is 1. The minimum atomic E-state index is 0.0636. The third-order valence-corrected chi connectivity index (χ3v) is 4.79. The molecule has 2 aliphatic rings. The Morgan fingerprint density at radius 2 is 2.20 bits per heavy atom. The highest BCUT2D eigenvalue weighted by molar-refractivity contribution is 5.94. The Bertz CT molecular complexity index is 512. The number of nitrogens with one attached hydrogen (secondary N) is 1. The lowest BCUT2D eigenvalue weighted by Gasteiger charge is -2.23. The second-order valence-electron chi connectivity index (χ2n) is 6.17. The van der Waals surface area contributed by atoms with Gasteiger partial charge in [-0.2, -0.15) is 0 Å². The van der Waals surface area contributed by atoms with Crippen LogP contribution in [0.25, 0.3) is 0 Å². The van der Waals surface area contributed by atoms with Crippen LogP contribution in [0.5, 0.6) is 5.75 Å². The maximum absolute atomic E-state index is 12.3. The molecule has 3 atom stereocenters. The number of hydrogen-bond donors (Lipinski definition) is 1. The van der Waals surface area contributed by atoms with Crippen LogP contribution < -0.4 is 10.1 Å². The first kappa shape index (κ1) is 13.5. The highest BCUT2D eigenvalue weighted by atomic mass is 16.5. The van der Waals surface area contributed by atoms with Gasteiger partial charge in [0.2, 0.25) is 0 Å². The summed E-state index contributed by atoms with van der Waals surface area (Å²) in [6.45, 7) is 4.60. The van der Waals surface area contributed by atoms with Gasteiger partial charge in [0.15, 0.2) is 0 Å². The molecule has 2 fully saturated rings. The zero-order valence-electron chi connectivity index (χ0n) is 12.3. The summed E-state index contributed by atoms with van der Waals surface area (Å²) in [4.78, 5) is 12.3. The van der Waals surface area contributed by atoms with Crippen molar-refractivity contribution in [1.82, 2.24) is 5.32 Å². The van der Waals surface area contributed by atoms with Crippen molar-refractivity contribution >= 4 is 5.91 Å². The Morgan fingerprint density at radius 1 is 1.35 bits per heavy atom. The molecule has 2 aliphatic carbocycles. The molecule has 3 nitrogen and oxygen atoms in total. The predicted molar refractivity (Wildman–Crippen MR) is 79.1 cm³/mol. The van der Waals surface area contributed by atoms with E-state index in [0.717, 1.165) is 22.8 Å². The second kappa shape index (κ2) is 5.47. The molecule has 0 radical (unpaired) electrons. The Labute approximate surface area is 120 Å². The van der Waals surface area contributed by atoms with Crippen molar-refractivity contribution in [2.75, 3.05) is 6.61 Å². The first-order chi connectivity index (χ1) is 9.67. The molecule has 1 amide bonds. The smallest absolute Gasteiger partial charge is 0.251 e. The van der Waals surface area contributed by atoms with Gasteiger partial charge in [-0.25, -0.2) is 0 Å². The van der Waals surface area contributed by atoms with Crippen molar-refractivity contribution in [3.63, 3.8) is 0 Å². The van der Waals surface area contributed by atoms with Crippen LogP contribution in [0.15, 0.2) is 18.2 Å². The molecule has 108 valence electrons. The van der Waals surface area contributed by atoms with Crippen LogP contribution in [-0.4, -0.2) is 18.6 Å². The molecular weight excluding hydrogens is 250 g/mol. The molecule has 0 spiro atoms. The molecule has 3 rings (SSSR count). The number of benzene rings is 1. The fourth-order valence-electron chi connectivity index (χ4n) is 3.78. The SMILES string of the molecule is CCOc1ccc(C(=O)N[C@H]2C[C@H]3CC[C@@H]2C3)cc1C. The minimum Gasteiger partial charge on any atom is -0.494 e. The average Bonchev–Trinajstić information content (AvgIpc) is 3.03. The molecule has 0 aliphatic heterocycles. The van der Waals surface area contributed by atoms with E-state index in [0.29, 0.717) is 18.6 Å². The average molecular weight is 273 g/mol. The van der Waals surface area contributed by atoms with Gasteiger partial charge in [0.05, 0.1) is 6.61 Å². The van der Waals surface area contributed by atoms with Crippen LogP contribution in [0.2, 0.25) is 0 Å². The van der Waals surface area contributed by atoms with Crippen molar-refractivity contribution in [2.45, 2.75) is 45.6 Å². The molecule has 1 N–H and O–H groups in total. The molecule has 0 heterocycles. The molecule has 0 saturated heterocycles. The van der Waals surface area contributed by atoms with Crippen LogP contribution in [0.4, 0.5) is 0 Å². The van der Waals surface area contributed by atoms with Gasteiger partial charge in [-0.1, -0.05) is 6.42 Å². The number of hydrogen-bond acceptors (Lipinski definition) is 2. The van der Waals surface area contributed by atoms with Gasteiger partial charge in [-0.3, -0.25) is 4.79 Å². The Kier molecular flexibility index (Phi) is 3.68. The third-order valence-electron chi connectivity index (χ3n) is 4.79. The lowest BCUT2D eigenvalue weighted by molar-refractivity contribution is 0.0923. The van der Waals surface area contributed by atoms with Crippen LogP contribution in [-0.2, 0) is 0 Å². The summed E-state index contributed by atoms with van der Waals surface area (Å²) in [5, 5.41) is 3.23. The molecule has 1 aromatic carbocycles. The number of amides is 1. The van der Waals surface area contributed by atoms with E-state index in [9.17, 15) is 4.79 Å². The second-order valence-corrected chi connectivity index (χ2v) is 6.17. The van der Waals surface area contributed by atoms with Gasteiger partial charge in [-0.15, -0.1) is 0 Å². The van der Waals surface area contributed by atoms with Crippen LogP contribution in [0, 0.1) is 18.8 Å². The zero-order chi connectivity index (χ0) is 14.1. The number of rotatable bonds is 4. The highest BCUT2D eigenvalue weighted by Crippen LogP contribution is 2.44. The number of ether oxygens (including phenoxy) is 1. The number of carbonyl (C=O) groups excluding carboxylic acids is 1. The largest absolute Gasteiger partial charge is 0.494 e. The van der Waals surface area contributed by atoms with E-state index in [1.54, 1.807) is 0 Å². The van der Waals surface area contributed by atoms with E-state index in [2.05, 4.69) is 5.32 Å². The van der Waals surface area contributed by atoms with Crippen LogP contribution in [0.1, 0.15) is 48.5 Å². The van der Waals surface area contributed by atoms with E-state index < -0.39 is 0 Å². The lowest BCUT2D eigenvalue weighted by Crippen LogP contribution is -2.38. The third kappa shape index (κ3) is 2.54. The maximum Gasteiger partial charge on any atom is 0.251 e. The molecule has 3 heteroatoms. The van der Waals surface area contributed by atoms with Gasteiger partial charge in [0.1, 0.15) is 5.75 Å². The van der Waals surface area contributed by atoms with Crippen LogP contribution >= 0.6 is 0 Å². The number of fused-ring (bicyclic) bond motifs is 2. The molecule has 0 aromatic heterocycles. The van der Waals surface area contributed by atoms with Crippen molar-refractivity contribution in [2.24, 2.45) is 11.8 Å². The predicted octanol–water partition coefficient (Wildman–Crippen LogP) is 3.31. The molecule has 20 heavy (non-hydrogen) atoms. The molecule has 0 unspecified atom stereocenters. The Morgan fingerprint density at radius 3 is 2.80 bits per heavy atom. The highest BCUT2D eigenvalue weighted by Gasteiger charge is 2.40. The summed E-state index contributed by atoms with van der Waals surface area (Å²) < 4.78 is 5.51. The fourth-order valence-corrected chi connectivity index (χ4v) is 3.78. The summed E-state index contributed by atoms with van der Waals surface area (Å²) in [6.07, 6.45) is 5.14. The van der Waals surface area contributed by atoms with Gasteiger partial charge in [0.25, 0.3) is 5.91 Å². The summed E-state index contributed by atoms with van der Waals surface area (Å²) in [7, 11) is 0. The van der Waals surface area contributed by atoms with Crippen molar-refractivity contribution in [3.05, 3.63) is 29.3 Å². The van der Waals surface area contributed by atoms with Gasteiger partial charge in [0, 0.05) is 11.6 Å². The van der Waals surface area contributed by atoms with E-state index in [1.807, 2.05) is 32.0 Å². The zero-order valence-corrected chi connectivity index (χ0v) is 12.3.